The fourth-order valence-electron chi connectivity index (χ4n) is 5.70. The van der Waals surface area contributed by atoms with Gasteiger partial charge in [-0.3, -0.25) is 14.9 Å². The Bertz CT molecular complexity index is 1680. The number of ether oxygens (including phenoxy) is 2. The molecular weight excluding hydrogens is 660 g/mol. The SMILES string of the molecule is COc1ccc(CN[C@@H](C(=O)N[C@H](CO)c2ccccc2)[C@H](O)[C@H](Cc2ccccc2)NC(=O)[C@@H](NC(=O)OCc2ccccc2)C(C)(C)C)cc1. The summed E-state index contributed by atoms with van der Waals surface area (Å²) >= 11 is 0. The van der Waals surface area contributed by atoms with Crippen molar-refractivity contribution in [2.24, 2.45) is 5.41 Å². The van der Waals surface area contributed by atoms with E-state index in [0.717, 1.165) is 16.7 Å². The van der Waals surface area contributed by atoms with Crippen LogP contribution in [0, 0.1) is 5.41 Å². The molecule has 11 heteroatoms. The summed E-state index contributed by atoms with van der Waals surface area (Å²) in [7, 11) is 1.57. The highest BCUT2D eigenvalue weighted by Gasteiger charge is 2.39. The first-order valence-corrected chi connectivity index (χ1v) is 17.3. The van der Waals surface area contributed by atoms with Crippen molar-refractivity contribution in [3.8, 4) is 5.75 Å². The van der Waals surface area contributed by atoms with Gasteiger partial charge in [0.05, 0.1) is 31.9 Å². The molecule has 276 valence electrons. The summed E-state index contributed by atoms with van der Waals surface area (Å²) in [4.78, 5) is 41.1. The fraction of sp³-hybridized carbons (Fsp3) is 0.341. The zero-order valence-corrected chi connectivity index (χ0v) is 30.1. The van der Waals surface area contributed by atoms with E-state index >= 15 is 0 Å². The average molecular weight is 711 g/mol. The zero-order valence-electron chi connectivity index (χ0n) is 30.1. The Balaban J connectivity index is 1.60. The summed E-state index contributed by atoms with van der Waals surface area (Å²) in [5, 5.41) is 34.1. The topological polar surface area (TPSA) is 158 Å². The van der Waals surface area contributed by atoms with E-state index in [2.05, 4.69) is 21.3 Å². The summed E-state index contributed by atoms with van der Waals surface area (Å²) in [6.07, 6.45) is -2.07. The van der Waals surface area contributed by atoms with Crippen LogP contribution in [0.15, 0.2) is 115 Å². The van der Waals surface area contributed by atoms with Crippen LogP contribution in [-0.4, -0.2) is 66.1 Å². The molecule has 0 spiro atoms. The second-order valence-corrected chi connectivity index (χ2v) is 13.7. The molecule has 0 saturated heterocycles. The van der Waals surface area contributed by atoms with Crippen molar-refractivity contribution < 1.29 is 34.1 Å². The quantitative estimate of drug-likeness (QED) is 0.0940. The molecule has 0 saturated carbocycles. The molecule has 52 heavy (non-hydrogen) atoms. The van der Waals surface area contributed by atoms with Gasteiger partial charge in [0, 0.05) is 6.54 Å². The van der Waals surface area contributed by atoms with Crippen molar-refractivity contribution in [1.82, 2.24) is 21.3 Å². The second-order valence-electron chi connectivity index (χ2n) is 13.7. The normalized spacial score (nSPS) is 14.2. The lowest BCUT2D eigenvalue weighted by Gasteiger charge is -2.35. The average Bonchev–Trinajstić information content (AvgIpc) is 3.15. The highest BCUT2D eigenvalue weighted by Crippen LogP contribution is 2.22. The lowest BCUT2D eigenvalue weighted by Crippen LogP contribution is -2.62. The summed E-state index contributed by atoms with van der Waals surface area (Å²) in [5.41, 5.74) is 2.35. The van der Waals surface area contributed by atoms with Crippen LogP contribution >= 0.6 is 0 Å². The molecule has 0 heterocycles. The number of hydrogen-bond acceptors (Lipinski definition) is 8. The smallest absolute Gasteiger partial charge is 0.408 e. The molecule has 6 N–H and O–H groups in total. The molecule has 4 aromatic rings. The molecule has 0 fully saturated rings. The number of carbonyl (C=O) groups is 3. The van der Waals surface area contributed by atoms with Gasteiger partial charge >= 0.3 is 6.09 Å². The molecule has 0 aliphatic heterocycles. The first-order chi connectivity index (χ1) is 25.0. The number of carbonyl (C=O) groups excluding carboxylic acids is 3. The lowest BCUT2D eigenvalue weighted by molar-refractivity contribution is -0.131. The maximum atomic E-state index is 14.1. The third kappa shape index (κ3) is 11.9. The molecule has 4 rings (SSSR count). The van der Waals surface area contributed by atoms with Gasteiger partial charge in [-0.1, -0.05) is 124 Å². The first kappa shape index (κ1) is 39.6. The molecule has 0 unspecified atom stereocenters. The maximum Gasteiger partial charge on any atom is 0.408 e. The summed E-state index contributed by atoms with van der Waals surface area (Å²) in [5.74, 6) is -0.467. The van der Waals surface area contributed by atoms with Gasteiger partial charge in [-0.2, -0.15) is 0 Å². The Hall–Kier alpha value is -5.23. The summed E-state index contributed by atoms with van der Waals surface area (Å²) < 4.78 is 10.7. The number of methoxy groups -OCH3 is 1. The molecule has 11 nitrogen and oxygen atoms in total. The van der Waals surface area contributed by atoms with Crippen molar-refractivity contribution >= 4 is 17.9 Å². The molecule has 0 bridgehead atoms. The Morgan fingerprint density at radius 1 is 0.712 bits per heavy atom. The van der Waals surface area contributed by atoms with Crippen LogP contribution in [0.3, 0.4) is 0 Å². The van der Waals surface area contributed by atoms with E-state index < -0.39 is 53.6 Å². The summed E-state index contributed by atoms with van der Waals surface area (Å²) in [6.45, 7) is 5.27. The molecule has 0 aliphatic carbocycles. The number of nitrogens with one attached hydrogen (secondary N) is 4. The third-order valence-corrected chi connectivity index (χ3v) is 8.65. The van der Waals surface area contributed by atoms with Gasteiger partial charge < -0.3 is 35.6 Å². The number of amides is 3. The van der Waals surface area contributed by atoms with Gasteiger partial charge in [-0.25, -0.2) is 4.79 Å². The second kappa shape index (κ2) is 19.4. The molecular formula is C41H50N4O7. The van der Waals surface area contributed by atoms with E-state index in [1.165, 1.54) is 0 Å². The standard InChI is InChI=1S/C41H50N4O7/c1-41(2,3)37(45-40(50)52-27-30-16-10-6-11-17-30)39(49)43-33(24-28-14-8-5-9-15-28)36(47)35(42-25-29-20-22-32(51-4)23-21-29)38(48)44-34(26-46)31-18-12-7-13-19-31/h5-23,33-37,42,46-47H,24-27H2,1-4H3,(H,43,49)(H,44,48)(H,45,50)/t33-,34+,35+,36+,37+/m0/s1. The highest BCUT2D eigenvalue weighted by atomic mass is 16.5. The van der Waals surface area contributed by atoms with Crippen molar-refractivity contribution in [2.75, 3.05) is 13.7 Å². The third-order valence-electron chi connectivity index (χ3n) is 8.65. The predicted molar refractivity (Wildman–Crippen MR) is 199 cm³/mol. The van der Waals surface area contributed by atoms with Crippen LogP contribution in [0.5, 0.6) is 5.75 Å². The van der Waals surface area contributed by atoms with Gasteiger partial charge in [0.1, 0.15) is 24.4 Å². The Kier molecular flexibility index (Phi) is 14.8. The van der Waals surface area contributed by atoms with Crippen LogP contribution in [-0.2, 0) is 33.9 Å². The predicted octanol–water partition coefficient (Wildman–Crippen LogP) is 4.43. The number of hydrogen-bond donors (Lipinski definition) is 6. The number of benzene rings is 4. The van der Waals surface area contributed by atoms with E-state index in [1.807, 2.05) is 99.6 Å². The Morgan fingerprint density at radius 3 is 1.85 bits per heavy atom. The van der Waals surface area contributed by atoms with Crippen molar-refractivity contribution in [3.63, 3.8) is 0 Å². The van der Waals surface area contributed by atoms with Crippen molar-refractivity contribution in [2.45, 2.75) is 70.6 Å². The van der Waals surface area contributed by atoms with Gasteiger partial charge in [0.15, 0.2) is 0 Å². The van der Waals surface area contributed by atoms with Crippen LogP contribution < -0.4 is 26.0 Å². The molecule has 5 atom stereocenters. The largest absolute Gasteiger partial charge is 0.497 e. The number of aliphatic hydroxyl groups is 2. The zero-order chi connectivity index (χ0) is 37.5. The van der Waals surface area contributed by atoms with Crippen LogP contribution in [0.25, 0.3) is 0 Å². The number of rotatable bonds is 17. The van der Waals surface area contributed by atoms with Crippen LogP contribution in [0.4, 0.5) is 4.79 Å². The summed E-state index contributed by atoms with van der Waals surface area (Å²) in [6, 6.07) is 30.7. The Labute approximate surface area is 305 Å². The Morgan fingerprint density at radius 2 is 1.29 bits per heavy atom. The van der Waals surface area contributed by atoms with Gasteiger partial charge in [0.2, 0.25) is 11.8 Å². The maximum absolute atomic E-state index is 14.1. The van der Waals surface area contributed by atoms with Gasteiger partial charge in [0.25, 0.3) is 0 Å². The van der Waals surface area contributed by atoms with Crippen LogP contribution in [0.2, 0.25) is 0 Å². The van der Waals surface area contributed by atoms with Gasteiger partial charge in [-0.15, -0.1) is 0 Å². The monoisotopic (exact) mass is 710 g/mol. The van der Waals surface area contributed by atoms with E-state index in [9.17, 15) is 24.6 Å². The van der Waals surface area contributed by atoms with E-state index in [0.29, 0.717) is 11.3 Å². The minimum atomic E-state index is -1.47. The minimum Gasteiger partial charge on any atom is -0.497 e. The molecule has 3 amide bonds. The number of alkyl carbamates (subject to hydrolysis) is 1. The minimum absolute atomic E-state index is 0.0228. The fourth-order valence-corrected chi connectivity index (χ4v) is 5.70. The highest BCUT2D eigenvalue weighted by molar-refractivity contribution is 5.87. The molecule has 0 aromatic heterocycles. The molecule has 0 aliphatic rings. The van der Waals surface area contributed by atoms with E-state index in [4.69, 9.17) is 9.47 Å². The lowest BCUT2D eigenvalue weighted by atomic mass is 9.85. The van der Waals surface area contributed by atoms with E-state index in [-0.39, 0.29) is 26.2 Å². The first-order valence-electron chi connectivity index (χ1n) is 17.3. The van der Waals surface area contributed by atoms with Gasteiger partial charge in [-0.05, 0) is 46.2 Å². The van der Waals surface area contributed by atoms with Crippen molar-refractivity contribution in [1.29, 1.82) is 0 Å². The molecule has 4 aromatic carbocycles. The molecule has 0 radical (unpaired) electrons. The van der Waals surface area contributed by atoms with E-state index in [1.54, 1.807) is 43.5 Å². The number of aliphatic hydroxyl groups excluding tert-OH is 2. The van der Waals surface area contributed by atoms with Crippen LogP contribution in [0.1, 0.15) is 49.1 Å². The van der Waals surface area contributed by atoms with Crippen molar-refractivity contribution in [3.05, 3.63) is 138 Å².